The molecule has 0 radical (unpaired) electrons. The zero-order chi connectivity index (χ0) is 17.1. The zero-order valence-electron chi connectivity index (χ0n) is 14.2. The third-order valence-corrected chi connectivity index (χ3v) is 5.26. The van der Waals surface area contributed by atoms with Gasteiger partial charge in [-0.2, -0.15) is 5.10 Å². The van der Waals surface area contributed by atoms with Crippen LogP contribution in [0.15, 0.2) is 10.7 Å². The number of fused-ring (bicyclic) bond motifs is 1. The molecule has 0 spiro atoms. The van der Waals surface area contributed by atoms with Crippen molar-refractivity contribution in [3.05, 3.63) is 10.7 Å². The SMILES string of the molecule is CC(C)(C)OC(=O)N1CCN(c2c(Br)cnn2C2COC2)C2CC21. The number of rotatable bonds is 2. The summed E-state index contributed by atoms with van der Waals surface area (Å²) in [6.07, 6.45) is 2.64. The minimum atomic E-state index is -0.454. The predicted molar refractivity (Wildman–Crippen MR) is 92.3 cm³/mol. The van der Waals surface area contributed by atoms with Crippen molar-refractivity contribution >= 4 is 27.8 Å². The lowest BCUT2D eigenvalue weighted by Crippen LogP contribution is -2.51. The van der Waals surface area contributed by atoms with Crippen LogP contribution in [-0.2, 0) is 9.47 Å². The van der Waals surface area contributed by atoms with E-state index in [9.17, 15) is 4.79 Å². The summed E-state index contributed by atoms with van der Waals surface area (Å²) >= 11 is 3.63. The fraction of sp³-hybridized carbons (Fsp3) is 0.750. The number of ether oxygens (including phenoxy) is 2. The lowest BCUT2D eigenvalue weighted by atomic mass is 10.2. The van der Waals surface area contributed by atoms with Gasteiger partial charge in [-0.15, -0.1) is 0 Å². The maximum atomic E-state index is 12.4. The van der Waals surface area contributed by atoms with Crippen LogP contribution in [0.4, 0.5) is 10.6 Å². The number of anilines is 1. The molecule has 24 heavy (non-hydrogen) atoms. The van der Waals surface area contributed by atoms with E-state index in [1.165, 1.54) is 0 Å². The Labute approximate surface area is 150 Å². The molecule has 0 aromatic carbocycles. The molecule has 2 atom stereocenters. The average Bonchev–Trinajstić information content (AvgIpc) is 3.13. The molecule has 2 aliphatic heterocycles. The molecule has 0 N–H and O–H groups in total. The van der Waals surface area contributed by atoms with Gasteiger partial charge in [-0.3, -0.25) is 0 Å². The first kappa shape index (κ1) is 16.2. The molecule has 1 saturated carbocycles. The normalized spacial score (nSPS) is 26.8. The van der Waals surface area contributed by atoms with Crippen LogP contribution in [0.25, 0.3) is 0 Å². The lowest BCUT2D eigenvalue weighted by Gasteiger charge is -2.38. The lowest BCUT2D eigenvalue weighted by molar-refractivity contribution is -0.0281. The highest BCUT2D eigenvalue weighted by Gasteiger charge is 2.53. The fourth-order valence-electron chi connectivity index (χ4n) is 3.43. The summed E-state index contributed by atoms with van der Waals surface area (Å²) in [6.45, 7) is 8.61. The van der Waals surface area contributed by atoms with Crippen LogP contribution in [0.1, 0.15) is 33.2 Å². The van der Waals surface area contributed by atoms with Crippen LogP contribution in [0.3, 0.4) is 0 Å². The standard InChI is InChI=1S/C16H23BrN4O3/c1-16(2,3)24-15(22)20-5-4-19(12-6-13(12)20)14-11(17)7-18-21(14)10-8-23-9-10/h7,10,12-13H,4-6,8-9H2,1-3H3. The number of halogens is 1. The first-order valence-corrected chi connectivity index (χ1v) is 9.21. The van der Waals surface area contributed by atoms with Crippen molar-refractivity contribution in [2.24, 2.45) is 0 Å². The van der Waals surface area contributed by atoms with Gasteiger partial charge in [0.1, 0.15) is 17.5 Å². The largest absolute Gasteiger partial charge is 0.444 e. The van der Waals surface area contributed by atoms with Crippen LogP contribution in [0.5, 0.6) is 0 Å². The van der Waals surface area contributed by atoms with Crippen LogP contribution < -0.4 is 4.90 Å². The summed E-state index contributed by atoms with van der Waals surface area (Å²) in [5, 5.41) is 4.51. The van der Waals surface area contributed by atoms with Gasteiger partial charge in [0.2, 0.25) is 0 Å². The second-order valence-electron chi connectivity index (χ2n) is 7.69. The molecule has 2 unspecified atom stereocenters. The number of hydrogen-bond donors (Lipinski definition) is 0. The van der Waals surface area contributed by atoms with E-state index in [0.29, 0.717) is 31.8 Å². The van der Waals surface area contributed by atoms with E-state index in [2.05, 4.69) is 30.6 Å². The van der Waals surface area contributed by atoms with Crippen LogP contribution in [0.2, 0.25) is 0 Å². The second-order valence-corrected chi connectivity index (χ2v) is 8.54. The zero-order valence-corrected chi connectivity index (χ0v) is 15.8. The van der Waals surface area contributed by atoms with E-state index < -0.39 is 5.60 Å². The number of aromatic nitrogens is 2. The molecular weight excluding hydrogens is 376 g/mol. The number of piperazine rings is 1. The van der Waals surface area contributed by atoms with Gasteiger partial charge in [-0.05, 0) is 43.1 Å². The number of carbonyl (C=O) groups excluding carboxylic acids is 1. The molecule has 0 bridgehead atoms. The molecule has 1 aromatic heterocycles. The smallest absolute Gasteiger partial charge is 0.410 e. The summed E-state index contributed by atoms with van der Waals surface area (Å²) in [7, 11) is 0. The molecule has 8 heteroatoms. The third kappa shape index (κ3) is 2.79. The van der Waals surface area contributed by atoms with Gasteiger partial charge >= 0.3 is 6.09 Å². The molecule has 1 aliphatic carbocycles. The third-order valence-electron chi connectivity index (χ3n) is 4.70. The van der Waals surface area contributed by atoms with Crippen molar-refractivity contribution in [2.45, 2.75) is 50.9 Å². The van der Waals surface area contributed by atoms with Gasteiger partial charge in [0.15, 0.2) is 0 Å². The van der Waals surface area contributed by atoms with Gasteiger partial charge in [-0.1, -0.05) is 0 Å². The Morgan fingerprint density at radius 1 is 1.33 bits per heavy atom. The van der Waals surface area contributed by atoms with Gasteiger partial charge in [0, 0.05) is 13.1 Å². The number of amides is 1. The molecule has 4 rings (SSSR count). The summed E-state index contributed by atoms with van der Waals surface area (Å²) < 4.78 is 13.9. The molecule has 7 nitrogen and oxygen atoms in total. The van der Waals surface area contributed by atoms with Gasteiger partial charge in [0.05, 0.1) is 36.0 Å². The van der Waals surface area contributed by atoms with Crippen molar-refractivity contribution in [3.63, 3.8) is 0 Å². The Morgan fingerprint density at radius 3 is 2.71 bits per heavy atom. The van der Waals surface area contributed by atoms with Crippen molar-refractivity contribution in [3.8, 4) is 0 Å². The van der Waals surface area contributed by atoms with E-state index in [1.807, 2.05) is 31.9 Å². The maximum absolute atomic E-state index is 12.4. The minimum Gasteiger partial charge on any atom is -0.444 e. The Morgan fingerprint density at radius 2 is 2.08 bits per heavy atom. The molecular formula is C16H23BrN4O3. The fourth-order valence-corrected chi connectivity index (χ4v) is 3.93. The Balaban J connectivity index is 1.49. The van der Waals surface area contributed by atoms with Gasteiger partial charge in [0.25, 0.3) is 0 Å². The highest BCUT2D eigenvalue weighted by molar-refractivity contribution is 9.10. The molecule has 1 aromatic rings. The Kier molecular flexibility index (Phi) is 3.80. The number of hydrogen-bond acceptors (Lipinski definition) is 5. The molecule has 3 heterocycles. The molecule has 2 saturated heterocycles. The highest BCUT2D eigenvalue weighted by atomic mass is 79.9. The predicted octanol–water partition coefficient (Wildman–Crippen LogP) is 2.41. The van der Waals surface area contributed by atoms with E-state index in [1.54, 1.807) is 0 Å². The summed E-state index contributed by atoms with van der Waals surface area (Å²) in [6, 6.07) is 0.896. The van der Waals surface area contributed by atoms with Crippen molar-refractivity contribution in [2.75, 3.05) is 31.2 Å². The van der Waals surface area contributed by atoms with Crippen molar-refractivity contribution in [1.29, 1.82) is 0 Å². The maximum Gasteiger partial charge on any atom is 0.410 e. The van der Waals surface area contributed by atoms with Crippen LogP contribution in [-0.4, -0.2) is 64.8 Å². The summed E-state index contributed by atoms with van der Waals surface area (Å²) in [5.41, 5.74) is -0.454. The van der Waals surface area contributed by atoms with E-state index >= 15 is 0 Å². The Bertz CT molecular complexity index is 652. The van der Waals surface area contributed by atoms with Crippen molar-refractivity contribution in [1.82, 2.24) is 14.7 Å². The Hall–Kier alpha value is -1.28. The molecule has 3 fully saturated rings. The highest BCUT2D eigenvalue weighted by Crippen LogP contribution is 2.43. The topological polar surface area (TPSA) is 59.8 Å². The first-order chi connectivity index (χ1) is 11.3. The average molecular weight is 399 g/mol. The van der Waals surface area contributed by atoms with E-state index in [-0.39, 0.29) is 12.1 Å². The first-order valence-electron chi connectivity index (χ1n) is 8.42. The van der Waals surface area contributed by atoms with Crippen LogP contribution >= 0.6 is 15.9 Å². The number of nitrogens with zero attached hydrogens (tertiary/aromatic N) is 4. The minimum absolute atomic E-state index is 0.199. The van der Waals surface area contributed by atoms with E-state index in [4.69, 9.17) is 9.47 Å². The molecule has 3 aliphatic rings. The van der Waals surface area contributed by atoms with Gasteiger partial charge in [-0.25, -0.2) is 9.48 Å². The summed E-state index contributed by atoms with van der Waals surface area (Å²) in [4.78, 5) is 16.6. The second kappa shape index (κ2) is 5.62. The van der Waals surface area contributed by atoms with Crippen molar-refractivity contribution < 1.29 is 14.3 Å². The molecule has 1 amide bonds. The van der Waals surface area contributed by atoms with Gasteiger partial charge < -0.3 is 19.3 Å². The number of carbonyl (C=O) groups is 1. The summed E-state index contributed by atoms with van der Waals surface area (Å²) in [5.74, 6) is 1.11. The van der Waals surface area contributed by atoms with E-state index in [0.717, 1.165) is 23.3 Å². The molecule has 132 valence electrons. The monoisotopic (exact) mass is 398 g/mol. The quantitative estimate of drug-likeness (QED) is 0.765. The van der Waals surface area contributed by atoms with Crippen LogP contribution in [0, 0.1) is 0 Å².